The van der Waals surface area contributed by atoms with Crippen LogP contribution in [0.25, 0.3) is 0 Å². The van der Waals surface area contributed by atoms with Gasteiger partial charge in [-0.25, -0.2) is 0 Å². The topological polar surface area (TPSA) is 56.9 Å². The molecule has 6 nitrogen and oxygen atoms in total. The number of thiophene rings is 1. The third-order valence-corrected chi connectivity index (χ3v) is 5.95. The van der Waals surface area contributed by atoms with Crippen molar-refractivity contribution in [2.24, 2.45) is 4.99 Å². The van der Waals surface area contributed by atoms with Crippen LogP contribution in [-0.4, -0.2) is 60.7 Å². The van der Waals surface area contributed by atoms with E-state index in [-0.39, 0.29) is 24.0 Å². The monoisotopic (exact) mass is 523 g/mol. The van der Waals surface area contributed by atoms with Gasteiger partial charge in [-0.3, -0.25) is 9.89 Å². The first-order valence-electron chi connectivity index (χ1n) is 8.90. The molecule has 9 heteroatoms. The second-order valence-electron chi connectivity index (χ2n) is 6.50. The number of hydrogen-bond donors (Lipinski definition) is 1. The fourth-order valence-electron chi connectivity index (χ4n) is 3.27. The van der Waals surface area contributed by atoms with Gasteiger partial charge in [-0.2, -0.15) is 0 Å². The van der Waals surface area contributed by atoms with E-state index in [2.05, 4.69) is 31.3 Å². The molecule has 0 saturated carbocycles. The highest BCUT2D eigenvalue weighted by Gasteiger charge is 2.20. The third-order valence-electron chi connectivity index (χ3n) is 4.73. The lowest BCUT2D eigenvalue weighted by Gasteiger charge is -2.36. The summed E-state index contributed by atoms with van der Waals surface area (Å²) in [5.74, 6) is 1.87. The van der Waals surface area contributed by atoms with Gasteiger partial charge in [-0.15, -0.1) is 35.3 Å². The molecule has 0 radical (unpaired) electrons. The molecule has 0 spiro atoms. The Bertz CT molecular complexity index is 735. The molecule has 3 rings (SSSR count). The van der Waals surface area contributed by atoms with Gasteiger partial charge in [0.1, 0.15) is 5.76 Å². The molecule has 1 aliphatic heterocycles. The van der Waals surface area contributed by atoms with Gasteiger partial charge in [0, 0.05) is 56.8 Å². The molecule has 1 aliphatic rings. The molecule has 1 fully saturated rings. The molecule has 3 heterocycles. The fourth-order valence-corrected chi connectivity index (χ4v) is 4.40. The number of guanidine groups is 1. The van der Waals surface area contributed by atoms with E-state index in [9.17, 15) is 0 Å². The fraction of sp³-hybridized carbons (Fsp3) is 0.556. The summed E-state index contributed by atoms with van der Waals surface area (Å²) in [6.45, 7) is 9.76. The zero-order valence-electron chi connectivity index (χ0n) is 16.0. The van der Waals surface area contributed by atoms with E-state index in [1.807, 2.05) is 27.0 Å². The number of halogens is 2. The minimum Gasteiger partial charge on any atom is -0.361 e. The van der Waals surface area contributed by atoms with Crippen LogP contribution in [0, 0.1) is 13.8 Å². The minimum atomic E-state index is 0. The summed E-state index contributed by atoms with van der Waals surface area (Å²) in [6, 6.07) is 4.09. The Kier molecular flexibility index (Phi) is 8.84. The summed E-state index contributed by atoms with van der Waals surface area (Å²) >= 11 is 7.69. The zero-order valence-corrected chi connectivity index (χ0v) is 19.9. The Morgan fingerprint density at radius 1 is 1.30 bits per heavy atom. The van der Waals surface area contributed by atoms with E-state index in [4.69, 9.17) is 16.1 Å². The Labute approximate surface area is 187 Å². The van der Waals surface area contributed by atoms with Crippen LogP contribution in [-0.2, 0) is 13.0 Å². The number of hydrogen-bond acceptors (Lipinski definition) is 5. The number of aryl methyl sites for hydroxylation is 2. The van der Waals surface area contributed by atoms with Crippen molar-refractivity contribution < 1.29 is 4.52 Å². The Hall–Kier alpha value is -0.840. The molecule has 27 heavy (non-hydrogen) atoms. The van der Waals surface area contributed by atoms with Crippen molar-refractivity contribution in [3.63, 3.8) is 0 Å². The molecular weight excluding hydrogens is 497 g/mol. The van der Waals surface area contributed by atoms with Gasteiger partial charge in [0.25, 0.3) is 0 Å². The minimum absolute atomic E-state index is 0. The van der Waals surface area contributed by atoms with E-state index in [1.165, 1.54) is 10.4 Å². The van der Waals surface area contributed by atoms with Crippen LogP contribution in [0.4, 0.5) is 0 Å². The number of nitrogens with zero attached hydrogens (tertiary/aromatic N) is 4. The van der Waals surface area contributed by atoms with Crippen molar-refractivity contribution in [2.75, 3.05) is 39.8 Å². The van der Waals surface area contributed by atoms with E-state index >= 15 is 0 Å². The maximum atomic E-state index is 6.02. The smallest absolute Gasteiger partial charge is 0.193 e. The van der Waals surface area contributed by atoms with E-state index in [1.54, 1.807) is 11.3 Å². The number of aromatic nitrogens is 1. The molecule has 0 atom stereocenters. The van der Waals surface area contributed by atoms with Crippen molar-refractivity contribution in [1.29, 1.82) is 0 Å². The van der Waals surface area contributed by atoms with Crippen LogP contribution >= 0.6 is 46.9 Å². The van der Waals surface area contributed by atoms with Gasteiger partial charge >= 0.3 is 0 Å². The number of piperazine rings is 1. The predicted molar refractivity (Wildman–Crippen MR) is 123 cm³/mol. The van der Waals surface area contributed by atoms with E-state index in [0.717, 1.165) is 67.4 Å². The average Bonchev–Trinajstić information content (AvgIpc) is 3.19. The first kappa shape index (κ1) is 22.4. The number of aliphatic imine (C=N–C) groups is 1. The van der Waals surface area contributed by atoms with E-state index in [0.29, 0.717) is 0 Å². The predicted octanol–water partition coefficient (Wildman–Crippen LogP) is 3.56. The molecule has 2 aromatic rings. The summed E-state index contributed by atoms with van der Waals surface area (Å²) in [6.07, 6.45) is 0.888. The maximum absolute atomic E-state index is 6.02. The first-order valence-corrected chi connectivity index (χ1v) is 10.1. The Morgan fingerprint density at radius 3 is 2.59 bits per heavy atom. The summed E-state index contributed by atoms with van der Waals surface area (Å²) in [7, 11) is 1.85. The van der Waals surface area contributed by atoms with Crippen molar-refractivity contribution in [3.05, 3.63) is 38.4 Å². The molecule has 0 aromatic carbocycles. The number of rotatable bonds is 5. The van der Waals surface area contributed by atoms with Gasteiger partial charge in [-0.05, 0) is 32.4 Å². The lowest BCUT2D eigenvalue weighted by molar-refractivity contribution is 0.174. The van der Waals surface area contributed by atoms with Crippen molar-refractivity contribution in [3.8, 4) is 0 Å². The highest BCUT2D eigenvalue weighted by molar-refractivity contribution is 14.0. The molecule has 0 amide bonds. The van der Waals surface area contributed by atoms with Gasteiger partial charge in [-0.1, -0.05) is 16.8 Å². The Morgan fingerprint density at radius 2 is 2.04 bits per heavy atom. The lowest BCUT2D eigenvalue weighted by Crippen LogP contribution is -2.52. The van der Waals surface area contributed by atoms with Gasteiger partial charge in [0.05, 0.1) is 10.0 Å². The Balaban J connectivity index is 0.00000261. The van der Waals surface area contributed by atoms with Crippen LogP contribution in [0.1, 0.15) is 21.9 Å². The van der Waals surface area contributed by atoms with Crippen molar-refractivity contribution in [2.45, 2.75) is 26.8 Å². The number of nitrogens with one attached hydrogen (secondary N) is 1. The molecule has 1 saturated heterocycles. The van der Waals surface area contributed by atoms with Crippen LogP contribution < -0.4 is 5.32 Å². The average molecular weight is 524 g/mol. The second kappa shape index (κ2) is 10.6. The summed E-state index contributed by atoms with van der Waals surface area (Å²) in [5, 5.41) is 7.48. The largest absolute Gasteiger partial charge is 0.361 e. The molecule has 0 aliphatic carbocycles. The first-order chi connectivity index (χ1) is 12.6. The van der Waals surface area contributed by atoms with Gasteiger partial charge in [0.2, 0.25) is 0 Å². The maximum Gasteiger partial charge on any atom is 0.193 e. The normalized spacial score (nSPS) is 15.7. The summed E-state index contributed by atoms with van der Waals surface area (Å²) in [4.78, 5) is 10.6. The van der Waals surface area contributed by atoms with Crippen LogP contribution in [0.3, 0.4) is 0 Å². The quantitative estimate of drug-likeness (QED) is 0.369. The second-order valence-corrected chi connectivity index (χ2v) is 8.30. The highest BCUT2D eigenvalue weighted by Crippen LogP contribution is 2.23. The third kappa shape index (κ3) is 6.07. The molecular formula is C18H27ClIN5OS. The molecule has 0 bridgehead atoms. The van der Waals surface area contributed by atoms with Gasteiger partial charge in [0.15, 0.2) is 5.96 Å². The molecule has 2 aromatic heterocycles. The van der Waals surface area contributed by atoms with Crippen LogP contribution in [0.15, 0.2) is 21.6 Å². The van der Waals surface area contributed by atoms with Crippen LogP contribution in [0.2, 0.25) is 4.34 Å². The SMILES string of the molecule is CN=C(NCCc1c(C)noc1C)N1CCN(Cc2ccc(Cl)s2)CC1.I. The van der Waals surface area contributed by atoms with Gasteiger partial charge < -0.3 is 14.7 Å². The highest BCUT2D eigenvalue weighted by atomic mass is 127. The van der Waals surface area contributed by atoms with Crippen molar-refractivity contribution in [1.82, 2.24) is 20.3 Å². The van der Waals surface area contributed by atoms with E-state index < -0.39 is 0 Å². The molecule has 150 valence electrons. The molecule has 1 N–H and O–H groups in total. The lowest BCUT2D eigenvalue weighted by atomic mass is 10.1. The van der Waals surface area contributed by atoms with Crippen molar-refractivity contribution >= 4 is 52.9 Å². The standard InChI is InChI=1S/C18H26ClN5OS.HI/c1-13-16(14(2)25-22-13)6-7-21-18(20-3)24-10-8-23(9-11-24)12-15-4-5-17(19)26-15;/h4-5H,6-12H2,1-3H3,(H,20,21);1H. The summed E-state index contributed by atoms with van der Waals surface area (Å²) < 4.78 is 6.09. The summed E-state index contributed by atoms with van der Waals surface area (Å²) in [5.41, 5.74) is 2.16. The molecule has 0 unspecified atom stereocenters. The van der Waals surface area contributed by atoms with Crippen LogP contribution in [0.5, 0.6) is 0 Å². The zero-order chi connectivity index (χ0) is 18.5.